The van der Waals surface area contributed by atoms with Gasteiger partial charge in [-0.3, -0.25) is 14.4 Å². The molecule has 1 saturated heterocycles. The van der Waals surface area contributed by atoms with Gasteiger partial charge in [-0.1, -0.05) is 43.6 Å². The SMILES string of the molecule is CC(=O)Cn1c(C(=O)NC[C@@H]2COCCO2)nc(NC(=O)c2nsc3ccccc23)c1C(C)(C)c1cc(F)ccc1Cl. The third kappa shape index (κ3) is 6.07. The highest BCUT2D eigenvalue weighted by Gasteiger charge is 2.37. The zero-order chi connectivity index (χ0) is 30.0. The van der Waals surface area contributed by atoms with E-state index in [1.807, 2.05) is 12.1 Å². The molecule has 0 aliphatic carbocycles. The van der Waals surface area contributed by atoms with Crippen molar-refractivity contribution in [2.75, 3.05) is 31.7 Å². The Labute approximate surface area is 250 Å². The van der Waals surface area contributed by atoms with Gasteiger partial charge in [-0.2, -0.15) is 4.37 Å². The molecule has 4 aromatic rings. The fourth-order valence-electron chi connectivity index (χ4n) is 4.98. The Morgan fingerprint density at radius 2 is 1.95 bits per heavy atom. The highest BCUT2D eigenvalue weighted by molar-refractivity contribution is 7.13. The number of anilines is 1. The van der Waals surface area contributed by atoms with Gasteiger partial charge in [-0.25, -0.2) is 9.37 Å². The molecule has 1 aliphatic rings. The number of nitrogens with one attached hydrogen (secondary N) is 2. The Kier molecular flexibility index (Phi) is 8.69. The molecule has 1 atom stereocenters. The van der Waals surface area contributed by atoms with Gasteiger partial charge in [0.1, 0.15) is 17.3 Å². The summed E-state index contributed by atoms with van der Waals surface area (Å²) in [5, 5.41) is 6.52. The van der Waals surface area contributed by atoms with Crippen LogP contribution in [0.5, 0.6) is 0 Å². The standard InChI is InChI=1S/C29H29ClFN5O5S/c1-16(37)14-36-24(29(2,3)20-12-17(31)8-9-21(20)30)25(33-26(36)28(39)32-13-18-15-40-10-11-41-18)34-27(38)23-19-6-4-5-7-22(19)42-35-23/h4-9,12,18H,10-11,13-15H2,1-3H3,(H,32,39)(H,34,38)/t18-/m1/s1. The minimum Gasteiger partial charge on any atom is -0.376 e. The maximum absolute atomic E-state index is 14.5. The summed E-state index contributed by atoms with van der Waals surface area (Å²) in [6, 6.07) is 11.3. The Morgan fingerprint density at radius 1 is 1.17 bits per heavy atom. The van der Waals surface area contributed by atoms with Crippen molar-refractivity contribution in [3.05, 3.63) is 76.1 Å². The maximum Gasteiger partial charge on any atom is 0.287 e. The lowest BCUT2D eigenvalue weighted by Crippen LogP contribution is -2.40. The van der Waals surface area contributed by atoms with E-state index in [0.717, 1.165) is 4.70 Å². The second kappa shape index (κ2) is 12.3. The van der Waals surface area contributed by atoms with Crippen LogP contribution in [0.15, 0.2) is 42.5 Å². The number of benzene rings is 2. The number of hydrogen-bond donors (Lipinski definition) is 2. The third-order valence-corrected chi connectivity index (χ3v) is 8.10. The van der Waals surface area contributed by atoms with Gasteiger partial charge in [-0.05, 0) is 48.3 Å². The number of imidazole rings is 1. The molecular formula is C29H29ClFN5O5S. The topological polar surface area (TPSA) is 124 Å². The van der Waals surface area contributed by atoms with Crippen molar-refractivity contribution >= 4 is 56.6 Å². The number of hydrogen-bond acceptors (Lipinski definition) is 8. The first-order valence-electron chi connectivity index (χ1n) is 13.3. The summed E-state index contributed by atoms with van der Waals surface area (Å²) < 4.78 is 32.1. The summed E-state index contributed by atoms with van der Waals surface area (Å²) in [6.45, 7) is 6.00. The van der Waals surface area contributed by atoms with Crippen LogP contribution in [0.3, 0.4) is 0 Å². The molecule has 42 heavy (non-hydrogen) atoms. The van der Waals surface area contributed by atoms with E-state index in [2.05, 4.69) is 20.0 Å². The highest BCUT2D eigenvalue weighted by Crippen LogP contribution is 2.40. The van der Waals surface area contributed by atoms with Crippen molar-refractivity contribution in [3.63, 3.8) is 0 Å². The summed E-state index contributed by atoms with van der Waals surface area (Å²) in [7, 11) is 0. The number of halogens is 2. The van der Waals surface area contributed by atoms with Crippen molar-refractivity contribution in [1.82, 2.24) is 19.2 Å². The summed E-state index contributed by atoms with van der Waals surface area (Å²) in [5.74, 6) is -2.03. The van der Waals surface area contributed by atoms with Gasteiger partial charge in [0.15, 0.2) is 5.82 Å². The molecule has 0 unspecified atom stereocenters. The van der Waals surface area contributed by atoms with Crippen LogP contribution in [0.4, 0.5) is 10.2 Å². The zero-order valence-electron chi connectivity index (χ0n) is 23.2. The average Bonchev–Trinajstić information content (AvgIpc) is 3.55. The van der Waals surface area contributed by atoms with Crippen molar-refractivity contribution in [2.24, 2.45) is 0 Å². The van der Waals surface area contributed by atoms with Crippen LogP contribution in [-0.2, 0) is 26.2 Å². The van der Waals surface area contributed by atoms with Gasteiger partial charge < -0.3 is 24.7 Å². The van der Waals surface area contributed by atoms with Crippen LogP contribution < -0.4 is 10.6 Å². The molecule has 3 heterocycles. The normalized spacial score (nSPS) is 15.5. The van der Waals surface area contributed by atoms with Crippen LogP contribution in [0.1, 0.15) is 53.1 Å². The first-order chi connectivity index (χ1) is 20.1. The molecule has 13 heteroatoms. The molecule has 220 valence electrons. The summed E-state index contributed by atoms with van der Waals surface area (Å²) in [4.78, 5) is 44.1. The van der Waals surface area contributed by atoms with Gasteiger partial charge >= 0.3 is 0 Å². The van der Waals surface area contributed by atoms with Crippen LogP contribution in [0.2, 0.25) is 5.02 Å². The molecule has 1 fully saturated rings. The second-order valence-corrected chi connectivity index (χ2v) is 11.6. The molecule has 1 aliphatic heterocycles. The van der Waals surface area contributed by atoms with E-state index >= 15 is 0 Å². The van der Waals surface area contributed by atoms with Crippen molar-refractivity contribution < 1.29 is 28.2 Å². The van der Waals surface area contributed by atoms with E-state index < -0.39 is 23.0 Å². The van der Waals surface area contributed by atoms with Crippen molar-refractivity contribution in [3.8, 4) is 0 Å². The molecule has 10 nitrogen and oxygen atoms in total. The largest absolute Gasteiger partial charge is 0.376 e. The number of aromatic nitrogens is 3. The van der Waals surface area contributed by atoms with E-state index in [1.165, 1.54) is 41.2 Å². The number of fused-ring (bicyclic) bond motifs is 1. The molecule has 2 aromatic carbocycles. The number of Topliss-reactive ketones (excluding diaryl/α,β-unsaturated/α-hetero) is 1. The number of ketones is 1. The predicted octanol–water partition coefficient (Wildman–Crippen LogP) is 4.60. The zero-order valence-corrected chi connectivity index (χ0v) is 24.8. The lowest BCUT2D eigenvalue weighted by atomic mass is 9.80. The Bertz CT molecular complexity index is 1660. The van der Waals surface area contributed by atoms with E-state index in [-0.39, 0.29) is 47.3 Å². The smallest absolute Gasteiger partial charge is 0.287 e. The lowest BCUT2D eigenvalue weighted by Gasteiger charge is -2.29. The van der Waals surface area contributed by atoms with Crippen LogP contribution in [0.25, 0.3) is 10.1 Å². The molecule has 5 rings (SSSR count). The average molecular weight is 614 g/mol. The summed E-state index contributed by atoms with van der Waals surface area (Å²) in [6.07, 6.45) is -0.349. The second-order valence-electron chi connectivity index (χ2n) is 10.4. The molecule has 0 saturated carbocycles. The molecule has 0 bridgehead atoms. The Morgan fingerprint density at radius 3 is 2.69 bits per heavy atom. The van der Waals surface area contributed by atoms with Crippen molar-refractivity contribution in [1.29, 1.82) is 0 Å². The predicted molar refractivity (Wildman–Crippen MR) is 157 cm³/mol. The first kappa shape index (κ1) is 29.8. The van der Waals surface area contributed by atoms with Gasteiger partial charge in [0.2, 0.25) is 5.82 Å². The summed E-state index contributed by atoms with van der Waals surface area (Å²) >= 11 is 7.71. The number of carbonyl (C=O) groups excluding carboxylic acids is 3. The number of carbonyl (C=O) groups is 3. The molecular weight excluding hydrogens is 585 g/mol. The number of nitrogens with zero attached hydrogens (tertiary/aromatic N) is 3. The number of rotatable bonds is 9. The first-order valence-corrected chi connectivity index (χ1v) is 14.4. The van der Waals surface area contributed by atoms with Gasteiger partial charge in [0, 0.05) is 22.4 Å². The molecule has 2 amide bonds. The third-order valence-electron chi connectivity index (χ3n) is 6.94. The lowest BCUT2D eigenvalue weighted by molar-refractivity contribution is -0.117. The van der Waals surface area contributed by atoms with Crippen LogP contribution >= 0.6 is 23.1 Å². The van der Waals surface area contributed by atoms with E-state index in [4.69, 9.17) is 21.1 Å². The number of ether oxygens (including phenoxy) is 2. The fourth-order valence-corrected chi connectivity index (χ4v) is 6.11. The Hall–Kier alpha value is -3.71. The molecule has 2 N–H and O–H groups in total. The van der Waals surface area contributed by atoms with Gasteiger partial charge in [0.25, 0.3) is 11.8 Å². The highest BCUT2D eigenvalue weighted by atomic mass is 35.5. The maximum atomic E-state index is 14.5. The monoisotopic (exact) mass is 613 g/mol. The molecule has 0 radical (unpaired) electrons. The van der Waals surface area contributed by atoms with Gasteiger partial charge in [0.05, 0.1) is 42.9 Å². The van der Waals surface area contributed by atoms with E-state index in [1.54, 1.807) is 26.0 Å². The molecule has 0 spiro atoms. The minimum absolute atomic E-state index is 0.0195. The van der Waals surface area contributed by atoms with Crippen LogP contribution in [-0.4, -0.2) is 64.0 Å². The summed E-state index contributed by atoms with van der Waals surface area (Å²) in [5.41, 5.74) is -0.277. The number of amides is 2. The quantitative estimate of drug-likeness (QED) is 0.283. The minimum atomic E-state index is -1.13. The van der Waals surface area contributed by atoms with Crippen LogP contribution in [0, 0.1) is 5.82 Å². The fraction of sp³-hybridized carbons (Fsp3) is 0.345. The van der Waals surface area contributed by atoms with E-state index in [0.29, 0.717) is 36.5 Å². The Balaban J connectivity index is 1.61. The van der Waals surface area contributed by atoms with Gasteiger partial charge in [-0.15, -0.1) is 0 Å². The van der Waals surface area contributed by atoms with Crippen molar-refractivity contribution in [2.45, 2.75) is 38.8 Å². The van der Waals surface area contributed by atoms with E-state index in [9.17, 15) is 18.8 Å². The molecule has 2 aromatic heterocycles.